The molecule has 2 unspecified atom stereocenters. The van der Waals surface area contributed by atoms with Gasteiger partial charge in [-0.25, -0.2) is 0 Å². The smallest absolute Gasteiger partial charge is 0.269 e. The van der Waals surface area contributed by atoms with Gasteiger partial charge in [-0.05, 0) is 31.9 Å². The van der Waals surface area contributed by atoms with E-state index >= 15 is 0 Å². The number of rotatable bonds is 3. The van der Waals surface area contributed by atoms with Crippen LogP contribution < -0.4 is 10.6 Å². The Morgan fingerprint density at radius 1 is 1.45 bits per heavy atom. The summed E-state index contributed by atoms with van der Waals surface area (Å²) in [5.41, 5.74) is 6.16. The van der Waals surface area contributed by atoms with Gasteiger partial charge in [0.05, 0.1) is 10.3 Å². The van der Waals surface area contributed by atoms with E-state index in [2.05, 4.69) is 0 Å². The zero-order valence-corrected chi connectivity index (χ0v) is 11.7. The normalized spacial score (nSPS) is 25.4. The molecule has 2 atom stereocenters. The highest BCUT2D eigenvalue weighted by atomic mass is 16.6. The number of carbonyl (C=O) groups is 1. The van der Waals surface area contributed by atoms with Gasteiger partial charge < -0.3 is 10.6 Å². The van der Waals surface area contributed by atoms with E-state index in [1.165, 1.54) is 17.0 Å². The van der Waals surface area contributed by atoms with Crippen molar-refractivity contribution in [1.82, 2.24) is 0 Å². The number of non-ortho nitro benzene ring substituents is 1. The molecule has 20 heavy (non-hydrogen) atoms. The number of amides is 1. The van der Waals surface area contributed by atoms with Crippen LogP contribution in [0.15, 0.2) is 24.3 Å². The quantitative estimate of drug-likeness (QED) is 0.676. The zero-order chi connectivity index (χ0) is 14.9. The lowest BCUT2D eigenvalue weighted by Gasteiger charge is -2.32. The second kappa shape index (κ2) is 5.20. The Kier molecular flexibility index (Phi) is 3.76. The maximum atomic E-state index is 12.6. The molecule has 2 N–H and O–H groups in total. The molecule has 1 aliphatic rings. The summed E-state index contributed by atoms with van der Waals surface area (Å²) in [6, 6.07) is 5.83. The third-order valence-corrected chi connectivity index (χ3v) is 4.27. The van der Waals surface area contributed by atoms with Crippen LogP contribution in [0.5, 0.6) is 0 Å². The third-order valence-electron chi connectivity index (χ3n) is 4.27. The summed E-state index contributed by atoms with van der Waals surface area (Å²) in [7, 11) is 1.68. The van der Waals surface area contributed by atoms with E-state index in [-0.39, 0.29) is 17.6 Å². The highest BCUT2D eigenvalue weighted by Crippen LogP contribution is 2.39. The van der Waals surface area contributed by atoms with Crippen molar-refractivity contribution in [2.24, 2.45) is 11.1 Å². The standard InChI is InChI=1S/C14H19N3O3/c1-14(9-3-4-12(14)15)13(18)16(2)10-5-7-11(8-6-10)17(19)20/h5-8,12H,3-4,9,15H2,1-2H3. The van der Waals surface area contributed by atoms with Crippen molar-refractivity contribution in [3.8, 4) is 0 Å². The van der Waals surface area contributed by atoms with E-state index < -0.39 is 10.3 Å². The topological polar surface area (TPSA) is 89.5 Å². The average molecular weight is 277 g/mol. The van der Waals surface area contributed by atoms with Gasteiger partial charge in [0.25, 0.3) is 5.69 Å². The fourth-order valence-corrected chi connectivity index (χ4v) is 2.76. The Morgan fingerprint density at radius 3 is 2.50 bits per heavy atom. The first-order valence-electron chi connectivity index (χ1n) is 6.64. The lowest BCUT2D eigenvalue weighted by molar-refractivity contribution is -0.384. The maximum absolute atomic E-state index is 12.6. The van der Waals surface area contributed by atoms with Crippen molar-refractivity contribution in [3.05, 3.63) is 34.4 Å². The molecule has 0 saturated heterocycles. The molecule has 0 aromatic heterocycles. The first kappa shape index (κ1) is 14.5. The summed E-state index contributed by atoms with van der Waals surface area (Å²) in [6.45, 7) is 1.90. The fourth-order valence-electron chi connectivity index (χ4n) is 2.76. The molecule has 1 saturated carbocycles. The van der Waals surface area contributed by atoms with Gasteiger partial charge >= 0.3 is 0 Å². The maximum Gasteiger partial charge on any atom is 0.269 e. The average Bonchev–Trinajstić information content (AvgIpc) is 2.78. The highest BCUT2D eigenvalue weighted by Gasteiger charge is 2.44. The van der Waals surface area contributed by atoms with Crippen LogP contribution in [-0.4, -0.2) is 23.9 Å². The number of carbonyl (C=O) groups excluding carboxylic acids is 1. The lowest BCUT2D eigenvalue weighted by Crippen LogP contribution is -2.48. The molecule has 0 radical (unpaired) electrons. The molecule has 6 heteroatoms. The predicted molar refractivity (Wildman–Crippen MR) is 76.4 cm³/mol. The van der Waals surface area contributed by atoms with Crippen molar-refractivity contribution in [2.75, 3.05) is 11.9 Å². The summed E-state index contributed by atoms with van der Waals surface area (Å²) in [6.07, 6.45) is 2.60. The second-order valence-electron chi connectivity index (χ2n) is 5.55. The minimum Gasteiger partial charge on any atom is -0.327 e. The van der Waals surface area contributed by atoms with Gasteiger partial charge in [0.2, 0.25) is 5.91 Å². The van der Waals surface area contributed by atoms with Crippen LogP contribution >= 0.6 is 0 Å². The van der Waals surface area contributed by atoms with E-state index in [1.807, 2.05) is 6.92 Å². The summed E-state index contributed by atoms with van der Waals surface area (Å²) in [5.74, 6) is -0.0312. The summed E-state index contributed by atoms with van der Waals surface area (Å²) in [4.78, 5) is 24.3. The SMILES string of the molecule is CN(C(=O)C1(C)CCCC1N)c1ccc([N+](=O)[O-])cc1. The van der Waals surface area contributed by atoms with Gasteiger partial charge in [0.1, 0.15) is 0 Å². The minimum atomic E-state index is -0.545. The van der Waals surface area contributed by atoms with Crippen molar-refractivity contribution in [3.63, 3.8) is 0 Å². The number of hydrogen-bond donors (Lipinski definition) is 1. The molecule has 1 amide bonds. The number of hydrogen-bond acceptors (Lipinski definition) is 4. The van der Waals surface area contributed by atoms with Crippen LogP contribution in [-0.2, 0) is 4.79 Å². The van der Waals surface area contributed by atoms with Crippen molar-refractivity contribution < 1.29 is 9.72 Å². The Bertz CT molecular complexity index is 529. The first-order valence-corrected chi connectivity index (χ1v) is 6.64. The number of nitro benzene ring substituents is 1. The van der Waals surface area contributed by atoms with Crippen LogP contribution in [0.3, 0.4) is 0 Å². The molecule has 6 nitrogen and oxygen atoms in total. The molecule has 1 aromatic rings. The summed E-state index contributed by atoms with van der Waals surface area (Å²) >= 11 is 0. The Labute approximate surface area is 117 Å². The highest BCUT2D eigenvalue weighted by molar-refractivity contribution is 5.97. The molecule has 2 rings (SSSR count). The summed E-state index contributed by atoms with van der Waals surface area (Å²) in [5, 5.41) is 10.6. The van der Waals surface area contributed by atoms with Crippen LogP contribution in [0.1, 0.15) is 26.2 Å². The van der Waals surface area contributed by atoms with Gasteiger partial charge in [0, 0.05) is 30.9 Å². The van der Waals surface area contributed by atoms with Gasteiger partial charge in [-0.3, -0.25) is 14.9 Å². The Balaban J connectivity index is 2.20. The van der Waals surface area contributed by atoms with Crippen molar-refractivity contribution in [2.45, 2.75) is 32.2 Å². The second-order valence-corrected chi connectivity index (χ2v) is 5.55. The van der Waals surface area contributed by atoms with Crippen LogP contribution in [0.4, 0.5) is 11.4 Å². The summed E-state index contributed by atoms with van der Waals surface area (Å²) < 4.78 is 0. The fraction of sp³-hybridized carbons (Fsp3) is 0.500. The van der Waals surface area contributed by atoms with Crippen molar-refractivity contribution in [1.29, 1.82) is 0 Å². The van der Waals surface area contributed by atoms with E-state index in [1.54, 1.807) is 19.2 Å². The number of nitrogens with two attached hydrogens (primary N) is 1. The molecule has 1 aliphatic carbocycles. The third kappa shape index (κ3) is 2.38. The number of nitro groups is 1. The van der Waals surface area contributed by atoms with E-state index in [9.17, 15) is 14.9 Å². The first-order chi connectivity index (χ1) is 9.36. The predicted octanol–water partition coefficient (Wildman–Crippen LogP) is 2.08. The van der Waals surface area contributed by atoms with E-state index in [0.717, 1.165) is 19.3 Å². The number of nitrogens with zero attached hydrogens (tertiary/aromatic N) is 2. The molecule has 1 fully saturated rings. The zero-order valence-electron chi connectivity index (χ0n) is 11.7. The van der Waals surface area contributed by atoms with E-state index in [4.69, 9.17) is 5.73 Å². The van der Waals surface area contributed by atoms with Crippen LogP contribution in [0, 0.1) is 15.5 Å². The van der Waals surface area contributed by atoms with Crippen molar-refractivity contribution >= 4 is 17.3 Å². The number of anilines is 1. The van der Waals surface area contributed by atoms with Crippen LogP contribution in [0.2, 0.25) is 0 Å². The van der Waals surface area contributed by atoms with Gasteiger partial charge in [-0.15, -0.1) is 0 Å². The molecule has 0 aliphatic heterocycles. The minimum absolute atomic E-state index is 0.0124. The molecule has 108 valence electrons. The van der Waals surface area contributed by atoms with Gasteiger partial charge in [-0.2, -0.15) is 0 Å². The molecule has 0 spiro atoms. The molecule has 0 bridgehead atoms. The molecular formula is C14H19N3O3. The van der Waals surface area contributed by atoms with Crippen LogP contribution in [0.25, 0.3) is 0 Å². The van der Waals surface area contributed by atoms with Gasteiger partial charge in [0.15, 0.2) is 0 Å². The number of benzene rings is 1. The van der Waals surface area contributed by atoms with E-state index in [0.29, 0.717) is 5.69 Å². The largest absolute Gasteiger partial charge is 0.327 e. The monoisotopic (exact) mass is 277 g/mol. The Hall–Kier alpha value is -1.95. The van der Waals surface area contributed by atoms with Gasteiger partial charge in [-0.1, -0.05) is 6.42 Å². The molecule has 0 heterocycles. The Morgan fingerprint density at radius 2 is 2.05 bits per heavy atom. The molecule has 1 aromatic carbocycles. The lowest BCUT2D eigenvalue weighted by atomic mass is 9.83. The molecular weight excluding hydrogens is 258 g/mol.